The zero-order valence-electron chi connectivity index (χ0n) is 42.4. The predicted octanol–water partition coefficient (Wildman–Crippen LogP) is 7.02. The second-order valence-corrected chi connectivity index (χ2v) is 19.9. The third-order valence-electron chi connectivity index (χ3n) is 12.7. The van der Waals surface area contributed by atoms with Crippen LogP contribution in [0.5, 0.6) is 5.75 Å². The number of halogens is 1. The van der Waals surface area contributed by atoms with Gasteiger partial charge in [0.1, 0.15) is 36.3 Å². The van der Waals surface area contributed by atoms with E-state index in [2.05, 4.69) is 31.1 Å². The maximum absolute atomic E-state index is 14.0. The number of hydrogen-bond acceptors (Lipinski definition) is 14. The smallest absolute Gasteiger partial charge is 0.246 e. The molecule has 8 rings (SSSR count). The lowest BCUT2D eigenvalue weighted by molar-refractivity contribution is -0.144. The van der Waals surface area contributed by atoms with E-state index in [4.69, 9.17) is 39.6 Å². The Morgan fingerprint density at radius 3 is 2.27 bits per heavy atom. The molecule has 4 atom stereocenters. The Bertz CT molecular complexity index is 2940. The lowest BCUT2D eigenvalue weighted by Crippen LogP contribution is -2.58. The summed E-state index contributed by atoms with van der Waals surface area (Å²) in [6.45, 7) is 12.5. The van der Waals surface area contributed by atoms with E-state index in [0.717, 1.165) is 33.5 Å². The number of fused-ring (bicyclic) bond motifs is 3. The van der Waals surface area contributed by atoms with E-state index < -0.39 is 47.4 Å². The van der Waals surface area contributed by atoms with Crippen LogP contribution in [-0.4, -0.2) is 117 Å². The van der Waals surface area contributed by atoms with E-state index in [-0.39, 0.29) is 45.1 Å². The highest BCUT2D eigenvalue weighted by Gasteiger charge is 2.44. The molecular weight excluding hydrogens is 970 g/mol. The van der Waals surface area contributed by atoms with Gasteiger partial charge in [0, 0.05) is 67.6 Å². The van der Waals surface area contributed by atoms with Gasteiger partial charge >= 0.3 is 0 Å². The molecule has 4 N–H and O–H groups in total. The summed E-state index contributed by atoms with van der Waals surface area (Å²) in [6, 6.07) is 19.5. The van der Waals surface area contributed by atoms with Crippen LogP contribution >= 0.6 is 11.6 Å². The number of aliphatic hydroxyl groups excluding tert-OH is 1. The molecule has 390 valence electrons. The summed E-state index contributed by atoms with van der Waals surface area (Å²) in [5.74, 6) is 1.37. The molecule has 20 heteroatoms. The molecule has 6 aromatic rings. The summed E-state index contributed by atoms with van der Waals surface area (Å²) in [6.07, 6.45) is 3.43. The number of β-amino-alcohol motifs (C(OH)–C–C–N with tert-alkyl or cyclic N) is 1. The lowest BCUT2D eigenvalue weighted by Gasteiger charge is -2.35. The Morgan fingerprint density at radius 2 is 1.57 bits per heavy atom. The van der Waals surface area contributed by atoms with Crippen LogP contribution in [0.2, 0.25) is 5.02 Å². The molecule has 0 spiro atoms. The zero-order valence-corrected chi connectivity index (χ0v) is 43.1. The molecular formula is C54H62ClN9O10. The van der Waals surface area contributed by atoms with Crippen LogP contribution < -0.4 is 20.7 Å². The van der Waals surface area contributed by atoms with E-state index >= 15 is 0 Å². The third-order valence-corrected chi connectivity index (χ3v) is 12.9. The zero-order chi connectivity index (χ0) is 52.5. The van der Waals surface area contributed by atoms with Crippen molar-refractivity contribution in [3.05, 3.63) is 130 Å². The van der Waals surface area contributed by atoms with Crippen molar-refractivity contribution < 1.29 is 47.3 Å². The number of furan rings is 1. The summed E-state index contributed by atoms with van der Waals surface area (Å²) in [5, 5.41) is 28.5. The highest BCUT2D eigenvalue weighted by atomic mass is 35.5. The van der Waals surface area contributed by atoms with Crippen LogP contribution in [0.15, 0.2) is 99.3 Å². The number of benzene rings is 3. The van der Waals surface area contributed by atoms with Gasteiger partial charge in [0.2, 0.25) is 29.5 Å². The van der Waals surface area contributed by atoms with Crippen molar-refractivity contribution in [2.45, 2.75) is 98.0 Å². The lowest BCUT2D eigenvalue weighted by atomic mass is 9.85. The highest BCUT2D eigenvalue weighted by molar-refractivity contribution is 6.30. The van der Waals surface area contributed by atoms with Crippen molar-refractivity contribution in [3.8, 4) is 23.0 Å². The Labute approximate surface area is 434 Å². The van der Waals surface area contributed by atoms with Gasteiger partial charge in [0.25, 0.3) is 0 Å². The van der Waals surface area contributed by atoms with E-state index in [1.165, 1.54) is 11.3 Å². The molecule has 3 aromatic carbocycles. The number of ether oxygens (including phenoxy) is 3. The first kappa shape index (κ1) is 53.1. The van der Waals surface area contributed by atoms with Crippen LogP contribution in [0, 0.1) is 26.2 Å². The minimum absolute atomic E-state index is 0.000295. The average molecular weight is 1030 g/mol. The number of carbonyl (C=O) groups is 4. The average Bonchev–Trinajstić information content (AvgIpc) is 4.17. The maximum atomic E-state index is 14.0. The Hall–Kier alpha value is -7.19. The van der Waals surface area contributed by atoms with Crippen LogP contribution in [0.3, 0.4) is 0 Å². The van der Waals surface area contributed by atoms with Crippen LogP contribution in [0.4, 0.5) is 5.69 Å². The number of aromatic nitrogens is 4. The number of carbonyl (C=O) groups excluding carboxylic acids is 4. The summed E-state index contributed by atoms with van der Waals surface area (Å²) < 4.78 is 30.6. The maximum Gasteiger partial charge on any atom is 0.246 e. The van der Waals surface area contributed by atoms with Gasteiger partial charge in [0.05, 0.1) is 42.4 Å². The molecule has 4 unspecified atom stereocenters. The Kier molecular flexibility index (Phi) is 17.1. The van der Waals surface area contributed by atoms with Crippen LogP contribution in [-0.2, 0) is 35.2 Å². The first-order chi connectivity index (χ1) is 35.5. The second kappa shape index (κ2) is 23.8. The standard InChI is InChI=1S/C54H62ClN9O10/c1-32-29-73-53-46(32)47(36-13-15-38(55)16-14-36)59-42(50-62-61-34(3)64(50)53)26-44(66)58-39-17-19-41(20-18-39)72-24-8-22-70-21-7-23-71-30-45(67)60-49(54(4,5)6)52(69)63-28-40(65)25-43(63)51(68)56-27-35-9-11-37(12-10-35)48-33(2)57-31-74-48/h9-20,29,31,40,42-43,49,65H,7-8,21-28,30H2,1-6H3,(H,56,68)(H,58,66)(H,60,67). The number of aryl methyl sites for hydroxylation is 3. The third kappa shape index (κ3) is 12.9. The van der Waals surface area contributed by atoms with Crippen LogP contribution in [0.1, 0.15) is 92.1 Å². The van der Waals surface area contributed by atoms with Gasteiger partial charge in [0.15, 0.2) is 18.0 Å². The van der Waals surface area contributed by atoms with Crippen LogP contribution in [0.25, 0.3) is 17.2 Å². The first-order valence-corrected chi connectivity index (χ1v) is 25.0. The fourth-order valence-corrected chi connectivity index (χ4v) is 8.98. The first-order valence-electron chi connectivity index (χ1n) is 24.6. The summed E-state index contributed by atoms with van der Waals surface area (Å²) in [4.78, 5) is 64.5. The van der Waals surface area contributed by atoms with Crippen molar-refractivity contribution >= 4 is 46.6 Å². The van der Waals surface area contributed by atoms with E-state index in [0.29, 0.717) is 78.1 Å². The number of oxazole rings is 1. The highest BCUT2D eigenvalue weighted by Crippen LogP contribution is 2.36. The van der Waals surface area contributed by atoms with Crippen molar-refractivity contribution in [1.29, 1.82) is 0 Å². The Balaban J connectivity index is 0.718. The predicted molar refractivity (Wildman–Crippen MR) is 275 cm³/mol. The minimum atomic E-state index is -0.976. The van der Waals surface area contributed by atoms with Crippen molar-refractivity contribution in [3.63, 3.8) is 0 Å². The number of aliphatic imine (C=N–C) groups is 1. The van der Waals surface area contributed by atoms with Crippen molar-refractivity contribution in [1.82, 2.24) is 35.3 Å². The summed E-state index contributed by atoms with van der Waals surface area (Å²) >= 11 is 6.21. The minimum Gasteiger partial charge on any atom is -0.494 e. The molecule has 2 aliphatic rings. The molecule has 2 aliphatic heterocycles. The van der Waals surface area contributed by atoms with Crippen molar-refractivity contribution in [2.75, 3.05) is 44.9 Å². The van der Waals surface area contributed by atoms with Gasteiger partial charge < -0.3 is 49.0 Å². The number of anilines is 1. The van der Waals surface area contributed by atoms with Gasteiger partial charge in [-0.2, -0.15) is 0 Å². The van der Waals surface area contributed by atoms with E-state index in [1.54, 1.807) is 42.7 Å². The molecule has 74 heavy (non-hydrogen) atoms. The largest absolute Gasteiger partial charge is 0.494 e. The molecule has 1 saturated heterocycles. The van der Waals surface area contributed by atoms with Gasteiger partial charge in [-0.3, -0.25) is 24.2 Å². The summed E-state index contributed by atoms with van der Waals surface area (Å²) in [7, 11) is 0. The molecule has 0 aliphatic carbocycles. The summed E-state index contributed by atoms with van der Waals surface area (Å²) in [5.41, 5.74) is 5.54. The number of hydrogen-bond donors (Lipinski definition) is 4. The monoisotopic (exact) mass is 1030 g/mol. The molecule has 3 aromatic heterocycles. The molecule has 0 bridgehead atoms. The molecule has 4 amide bonds. The SMILES string of the molecule is Cc1coc2c1C(c1ccc(Cl)cc1)=NC(CC(=O)Nc1ccc(OCCCOCCCOCC(=O)NC(C(=O)N3CC(O)CC3C(=O)NCc3ccc(-c4ocnc4C)cc3)C(C)(C)C)cc1)c1nnc(C)n1-2. The fraction of sp³-hybridized carbons (Fsp3) is 0.407. The molecule has 5 heterocycles. The van der Waals surface area contributed by atoms with Crippen molar-refractivity contribution in [2.24, 2.45) is 10.4 Å². The van der Waals surface area contributed by atoms with E-state index in [9.17, 15) is 24.3 Å². The quantitative estimate of drug-likeness (QED) is 0.0531. The molecule has 0 saturated carbocycles. The van der Waals surface area contributed by atoms with E-state index in [1.807, 2.05) is 82.5 Å². The van der Waals surface area contributed by atoms with Gasteiger partial charge in [-0.05, 0) is 80.1 Å². The molecule has 0 radical (unpaired) electrons. The normalized spacial score (nSPS) is 16.7. The molecule has 19 nitrogen and oxygen atoms in total. The number of aliphatic hydroxyl groups is 1. The second-order valence-electron chi connectivity index (χ2n) is 19.5. The number of nitrogens with zero attached hydrogens (tertiary/aromatic N) is 6. The number of amides is 4. The number of nitrogens with one attached hydrogen (secondary N) is 3. The fourth-order valence-electron chi connectivity index (χ4n) is 8.86. The number of rotatable bonds is 21. The van der Waals surface area contributed by atoms with Gasteiger partial charge in [-0.1, -0.05) is 68.8 Å². The number of likely N-dealkylation sites (tertiary alicyclic amines) is 1. The molecule has 1 fully saturated rings. The topological polar surface area (TPSA) is 238 Å². The van der Waals surface area contributed by atoms with Gasteiger partial charge in [-0.25, -0.2) is 9.55 Å². The van der Waals surface area contributed by atoms with Gasteiger partial charge in [-0.15, -0.1) is 10.2 Å². The Morgan fingerprint density at radius 1 is 0.865 bits per heavy atom.